The number of carbonyl (C=O) groups is 1. The van der Waals surface area contributed by atoms with Gasteiger partial charge < -0.3 is 10.1 Å². The molecule has 2 fully saturated rings. The average Bonchev–Trinajstić information content (AvgIpc) is 2.70. The Morgan fingerprint density at radius 3 is 3.11 bits per heavy atom. The lowest BCUT2D eigenvalue weighted by atomic mass is 9.76. The zero-order valence-electron chi connectivity index (χ0n) is 9.66. The lowest BCUT2D eigenvalue weighted by Crippen LogP contribution is -2.53. The summed E-state index contributed by atoms with van der Waals surface area (Å²) in [5.74, 6) is -0.364. The van der Waals surface area contributed by atoms with E-state index in [1.165, 1.54) is 18.2 Å². The van der Waals surface area contributed by atoms with Crippen molar-refractivity contribution < 1.29 is 13.9 Å². The molecule has 1 aliphatic carbocycles. The Labute approximate surface area is 109 Å². The van der Waals surface area contributed by atoms with Crippen molar-refractivity contribution in [3.63, 3.8) is 0 Å². The van der Waals surface area contributed by atoms with E-state index in [1.807, 2.05) is 0 Å². The van der Waals surface area contributed by atoms with Crippen molar-refractivity contribution in [2.45, 2.75) is 25.0 Å². The lowest BCUT2D eigenvalue weighted by molar-refractivity contribution is 0.00809. The fourth-order valence-electron chi connectivity index (χ4n) is 2.68. The van der Waals surface area contributed by atoms with Crippen LogP contribution in [-0.4, -0.2) is 24.7 Å². The molecule has 18 heavy (non-hydrogen) atoms. The molecule has 1 aromatic carbocycles. The quantitative estimate of drug-likeness (QED) is 0.895. The van der Waals surface area contributed by atoms with E-state index < -0.39 is 5.82 Å². The summed E-state index contributed by atoms with van der Waals surface area (Å²) in [5, 5.41) is 3.17. The van der Waals surface area contributed by atoms with Crippen LogP contribution in [0, 0.1) is 11.7 Å². The van der Waals surface area contributed by atoms with Gasteiger partial charge in [-0.2, -0.15) is 0 Å². The van der Waals surface area contributed by atoms with Gasteiger partial charge in [-0.1, -0.05) is 11.6 Å². The minimum atomic E-state index is -0.458. The maximum Gasteiger partial charge on any atom is 0.253 e. The molecule has 3 nitrogen and oxygen atoms in total. The van der Waals surface area contributed by atoms with Crippen LogP contribution in [-0.2, 0) is 4.74 Å². The number of carbonyl (C=O) groups excluding carboxylic acids is 1. The van der Waals surface area contributed by atoms with E-state index in [1.54, 1.807) is 0 Å². The summed E-state index contributed by atoms with van der Waals surface area (Å²) in [6, 6.07) is 3.93. The van der Waals surface area contributed by atoms with Crippen LogP contribution in [0.3, 0.4) is 0 Å². The lowest BCUT2D eigenvalue weighted by Gasteiger charge is -2.39. The molecule has 5 heteroatoms. The summed E-state index contributed by atoms with van der Waals surface area (Å²) in [6.07, 6.45) is 2.11. The Balaban J connectivity index is 1.69. The maximum atomic E-state index is 13.1. The molecule has 3 atom stereocenters. The third kappa shape index (κ3) is 1.99. The molecule has 2 aliphatic rings. The average molecular weight is 270 g/mol. The molecule has 0 aromatic heterocycles. The molecule has 1 saturated heterocycles. The number of benzene rings is 1. The molecule has 1 aromatic rings. The number of nitrogens with one attached hydrogen (secondary N) is 1. The molecule has 3 rings (SSSR count). The first-order valence-corrected chi connectivity index (χ1v) is 6.40. The Morgan fingerprint density at radius 2 is 2.33 bits per heavy atom. The highest BCUT2D eigenvalue weighted by Gasteiger charge is 2.45. The van der Waals surface area contributed by atoms with Crippen molar-refractivity contribution in [1.82, 2.24) is 5.32 Å². The second-order valence-electron chi connectivity index (χ2n) is 4.80. The van der Waals surface area contributed by atoms with Gasteiger partial charge in [-0.3, -0.25) is 4.79 Å². The second kappa shape index (κ2) is 4.52. The van der Waals surface area contributed by atoms with Gasteiger partial charge in [0.15, 0.2) is 0 Å². The second-order valence-corrected chi connectivity index (χ2v) is 5.21. The molecule has 1 N–H and O–H groups in total. The van der Waals surface area contributed by atoms with Gasteiger partial charge in [0.2, 0.25) is 0 Å². The van der Waals surface area contributed by atoms with Gasteiger partial charge in [0.25, 0.3) is 5.91 Å². The van der Waals surface area contributed by atoms with Crippen LogP contribution in [0.2, 0.25) is 5.02 Å². The topological polar surface area (TPSA) is 38.3 Å². The maximum absolute atomic E-state index is 13.1. The first-order valence-electron chi connectivity index (χ1n) is 6.02. The highest BCUT2D eigenvalue weighted by molar-refractivity contribution is 6.33. The zero-order chi connectivity index (χ0) is 12.7. The number of fused-ring (bicyclic) bond motifs is 1. The fraction of sp³-hybridized carbons (Fsp3) is 0.462. The van der Waals surface area contributed by atoms with Crippen molar-refractivity contribution in [2.75, 3.05) is 6.61 Å². The summed E-state index contributed by atoms with van der Waals surface area (Å²) in [5.41, 5.74) is 0.194. The van der Waals surface area contributed by atoms with Gasteiger partial charge in [-0.15, -0.1) is 0 Å². The van der Waals surface area contributed by atoms with Gasteiger partial charge in [0.05, 0.1) is 16.7 Å². The van der Waals surface area contributed by atoms with Gasteiger partial charge in [-0.25, -0.2) is 4.39 Å². The molecule has 0 unspecified atom stereocenters. The number of hydrogen-bond donors (Lipinski definition) is 1. The molecular formula is C13H13ClFNO2. The minimum Gasteiger partial charge on any atom is -0.378 e. The predicted octanol–water partition coefficient (Wildman–Crippen LogP) is 2.39. The number of ether oxygens (including phenoxy) is 1. The largest absolute Gasteiger partial charge is 0.378 e. The predicted molar refractivity (Wildman–Crippen MR) is 65.1 cm³/mol. The fourth-order valence-corrected chi connectivity index (χ4v) is 2.88. The minimum absolute atomic E-state index is 0.129. The van der Waals surface area contributed by atoms with E-state index in [2.05, 4.69) is 5.32 Å². The van der Waals surface area contributed by atoms with Crippen LogP contribution in [0.15, 0.2) is 18.2 Å². The van der Waals surface area contributed by atoms with E-state index in [4.69, 9.17) is 16.3 Å². The van der Waals surface area contributed by atoms with E-state index in [9.17, 15) is 9.18 Å². The molecule has 1 saturated carbocycles. The molecular weight excluding hydrogens is 257 g/mol. The van der Waals surface area contributed by atoms with Crippen LogP contribution >= 0.6 is 11.6 Å². The summed E-state index contributed by atoms with van der Waals surface area (Å²) in [4.78, 5) is 12.0. The van der Waals surface area contributed by atoms with Crippen molar-refractivity contribution in [3.05, 3.63) is 34.6 Å². The SMILES string of the molecule is O=C(N[C@@H]1C[C@H]2OCC[C@@H]12)c1cc(F)ccc1Cl. The van der Waals surface area contributed by atoms with Crippen molar-refractivity contribution in [3.8, 4) is 0 Å². The Kier molecular flexibility index (Phi) is 2.99. The monoisotopic (exact) mass is 269 g/mol. The number of hydrogen-bond acceptors (Lipinski definition) is 2. The zero-order valence-corrected chi connectivity index (χ0v) is 10.4. The molecule has 1 heterocycles. The van der Waals surface area contributed by atoms with E-state index >= 15 is 0 Å². The summed E-state index contributed by atoms with van der Waals surface area (Å²) < 4.78 is 18.6. The number of halogens is 2. The summed E-state index contributed by atoms with van der Waals surface area (Å²) in [7, 11) is 0. The first kappa shape index (κ1) is 11.9. The normalized spacial score (nSPS) is 29.6. The molecule has 1 amide bonds. The Hall–Kier alpha value is -1.13. The number of amides is 1. The van der Waals surface area contributed by atoms with E-state index in [0.717, 1.165) is 19.4 Å². The van der Waals surface area contributed by atoms with E-state index in [-0.39, 0.29) is 22.5 Å². The van der Waals surface area contributed by atoms with Gasteiger partial charge in [-0.05, 0) is 31.0 Å². The smallest absolute Gasteiger partial charge is 0.253 e. The molecule has 0 spiro atoms. The summed E-state index contributed by atoms with van der Waals surface area (Å²) in [6.45, 7) is 0.766. The van der Waals surface area contributed by atoms with Gasteiger partial charge >= 0.3 is 0 Å². The van der Waals surface area contributed by atoms with Crippen molar-refractivity contribution >= 4 is 17.5 Å². The first-order chi connectivity index (χ1) is 8.65. The Morgan fingerprint density at radius 1 is 1.50 bits per heavy atom. The van der Waals surface area contributed by atoms with Crippen LogP contribution in [0.4, 0.5) is 4.39 Å². The third-order valence-corrected chi connectivity index (χ3v) is 4.08. The van der Waals surface area contributed by atoms with Crippen LogP contribution in [0.25, 0.3) is 0 Å². The molecule has 1 aliphatic heterocycles. The van der Waals surface area contributed by atoms with Gasteiger partial charge in [0, 0.05) is 18.6 Å². The van der Waals surface area contributed by atoms with Crippen LogP contribution in [0.1, 0.15) is 23.2 Å². The Bertz CT molecular complexity index is 494. The molecule has 0 radical (unpaired) electrons. The van der Waals surface area contributed by atoms with Crippen LogP contribution in [0.5, 0.6) is 0 Å². The molecule has 96 valence electrons. The highest BCUT2D eigenvalue weighted by atomic mass is 35.5. The number of rotatable bonds is 2. The van der Waals surface area contributed by atoms with Crippen molar-refractivity contribution in [2.24, 2.45) is 5.92 Å². The third-order valence-electron chi connectivity index (χ3n) is 3.75. The standard InChI is InChI=1S/C13H13ClFNO2/c14-10-2-1-7(15)5-9(10)13(17)16-11-6-12-8(11)3-4-18-12/h1-2,5,8,11-12H,3-4,6H2,(H,16,17)/t8-,11+,12+/m0/s1. The van der Waals surface area contributed by atoms with Crippen LogP contribution < -0.4 is 5.32 Å². The van der Waals surface area contributed by atoms with E-state index in [0.29, 0.717) is 12.0 Å². The van der Waals surface area contributed by atoms with Gasteiger partial charge in [0.1, 0.15) is 5.82 Å². The highest BCUT2D eigenvalue weighted by Crippen LogP contribution is 2.38. The van der Waals surface area contributed by atoms with Crippen molar-refractivity contribution in [1.29, 1.82) is 0 Å². The molecule has 0 bridgehead atoms. The summed E-state index contributed by atoms with van der Waals surface area (Å²) >= 11 is 5.89.